The molecule has 0 aliphatic rings. The molecule has 104 valence electrons. The molecule has 0 saturated heterocycles. The van der Waals surface area contributed by atoms with Crippen LogP contribution in [0.2, 0.25) is 0 Å². The third kappa shape index (κ3) is 3.91. The van der Waals surface area contributed by atoms with Gasteiger partial charge in [0.05, 0.1) is 24.0 Å². The normalized spacial score (nSPS) is 10.8. The number of esters is 1. The van der Waals surface area contributed by atoms with Crippen molar-refractivity contribution in [1.29, 1.82) is 0 Å². The summed E-state index contributed by atoms with van der Waals surface area (Å²) >= 11 is 0. The van der Waals surface area contributed by atoms with E-state index >= 15 is 0 Å². The fourth-order valence-corrected chi connectivity index (χ4v) is 2.17. The fourth-order valence-electron chi connectivity index (χ4n) is 1.32. The van der Waals surface area contributed by atoms with Crippen molar-refractivity contribution in [2.75, 3.05) is 24.2 Å². The van der Waals surface area contributed by atoms with Crippen LogP contribution in [0.3, 0.4) is 0 Å². The summed E-state index contributed by atoms with van der Waals surface area (Å²) in [4.78, 5) is 21.1. The number of rotatable bonds is 5. The minimum atomic E-state index is -3.69. The Morgan fingerprint density at radius 2 is 1.89 bits per heavy atom. The summed E-state index contributed by atoms with van der Waals surface area (Å²) in [5.41, 5.74) is -0.0197. The largest absolute Gasteiger partial charge is 0.468 e. The van der Waals surface area contributed by atoms with Gasteiger partial charge in [0, 0.05) is 12.1 Å². The van der Waals surface area contributed by atoms with Crippen LogP contribution in [0.25, 0.3) is 0 Å². The van der Waals surface area contributed by atoms with Crippen LogP contribution in [0.15, 0.2) is 24.3 Å². The summed E-state index contributed by atoms with van der Waals surface area (Å²) in [6.45, 7) is -0.493. The first-order valence-corrected chi connectivity index (χ1v) is 6.89. The Morgan fingerprint density at radius 1 is 1.37 bits per heavy atom. The first kappa shape index (κ1) is 14.9. The Balaban J connectivity index is 3.11. The topological polar surface area (TPSA) is 107 Å². The molecule has 0 N–H and O–H groups in total. The molecule has 0 aromatic heterocycles. The Kier molecular flexibility index (Phi) is 4.43. The van der Waals surface area contributed by atoms with Gasteiger partial charge in [0.25, 0.3) is 5.69 Å². The zero-order valence-electron chi connectivity index (χ0n) is 10.3. The monoisotopic (exact) mass is 288 g/mol. The highest BCUT2D eigenvalue weighted by atomic mass is 32.2. The highest BCUT2D eigenvalue weighted by molar-refractivity contribution is 7.92. The number of ether oxygens (including phenoxy) is 1. The number of anilines is 1. The van der Waals surface area contributed by atoms with Gasteiger partial charge in [-0.2, -0.15) is 0 Å². The second kappa shape index (κ2) is 5.65. The lowest BCUT2D eigenvalue weighted by molar-refractivity contribution is -0.384. The van der Waals surface area contributed by atoms with Crippen LogP contribution in [0, 0.1) is 10.1 Å². The third-order valence-corrected chi connectivity index (χ3v) is 3.39. The first-order chi connectivity index (χ1) is 8.75. The smallest absolute Gasteiger partial charge is 0.326 e. The summed E-state index contributed by atoms with van der Waals surface area (Å²) < 4.78 is 28.4. The van der Waals surface area contributed by atoms with Crippen molar-refractivity contribution in [2.24, 2.45) is 0 Å². The number of carbonyl (C=O) groups excluding carboxylic acids is 1. The number of nitro groups is 1. The maximum atomic E-state index is 11.6. The minimum Gasteiger partial charge on any atom is -0.468 e. The fraction of sp³-hybridized carbons (Fsp3) is 0.300. The van der Waals surface area contributed by atoms with Crippen LogP contribution < -0.4 is 4.31 Å². The van der Waals surface area contributed by atoms with E-state index in [-0.39, 0.29) is 11.4 Å². The summed E-state index contributed by atoms with van der Waals surface area (Å²) in [5, 5.41) is 10.5. The van der Waals surface area contributed by atoms with Gasteiger partial charge in [0.15, 0.2) is 0 Å². The molecule has 0 spiro atoms. The van der Waals surface area contributed by atoms with E-state index in [9.17, 15) is 23.3 Å². The molecule has 1 aromatic carbocycles. The van der Waals surface area contributed by atoms with Crippen LogP contribution >= 0.6 is 0 Å². The molecule has 0 fully saturated rings. The van der Waals surface area contributed by atoms with E-state index < -0.39 is 27.5 Å². The maximum absolute atomic E-state index is 11.6. The van der Waals surface area contributed by atoms with E-state index in [0.717, 1.165) is 29.8 Å². The van der Waals surface area contributed by atoms with E-state index in [1.807, 2.05) is 0 Å². The molecule has 0 atom stereocenters. The average Bonchev–Trinajstić information content (AvgIpc) is 2.34. The number of hydrogen-bond donors (Lipinski definition) is 0. The van der Waals surface area contributed by atoms with Gasteiger partial charge in [-0.15, -0.1) is 0 Å². The average molecular weight is 288 g/mol. The Hall–Kier alpha value is -2.16. The predicted octanol–water partition coefficient (Wildman–Crippen LogP) is 0.534. The molecular weight excluding hydrogens is 276 g/mol. The van der Waals surface area contributed by atoms with Crippen LogP contribution in [0.5, 0.6) is 0 Å². The molecular formula is C10H12N2O6S. The first-order valence-electron chi connectivity index (χ1n) is 5.04. The molecule has 8 nitrogen and oxygen atoms in total. The van der Waals surface area contributed by atoms with E-state index in [0.29, 0.717) is 0 Å². The van der Waals surface area contributed by atoms with E-state index in [1.54, 1.807) is 0 Å². The maximum Gasteiger partial charge on any atom is 0.326 e. The third-order valence-electron chi connectivity index (χ3n) is 2.25. The lowest BCUT2D eigenvalue weighted by atomic mass is 10.3. The molecule has 0 bridgehead atoms. The molecule has 0 unspecified atom stereocenters. The number of hydrogen-bond acceptors (Lipinski definition) is 6. The SMILES string of the molecule is COC(=O)CN(c1ccc([N+](=O)[O-])cc1)S(C)(=O)=O. The number of sulfonamides is 1. The Labute approximate surface area is 109 Å². The van der Waals surface area contributed by atoms with Crippen molar-refractivity contribution in [3.8, 4) is 0 Å². The number of carbonyl (C=O) groups is 1. The molecule has 1 rings (SSSR count). The lowest BCUT2D eigenvalue weighted by Crippen LogP contribution is -2.35. The van der Waals surface area contributed by atoms with Crippen LogP contribution in [0.1, 0.15) is 0 Å². The van der Waals surface area contributed by atoms with Crippen molar-refractivity contribution in [1.82, 2.24) is 0 Å². The van der Waals surface area contributed by atoms with Gasteiger partial charge in [-0.25, -0.2) is 8.42 Å². The lowest BCUT2D eigenvalue weighted by Gasteiger charge is -2.20. The quantitative estimate of drug-likeness (QED) is 0.444. The van der Waals surface area contributed by atoms with Crippen molar-refractivity contribution < 1.29 is 22.9 Å². The highest BCUT2D eigenvalue weighted by Gasteiger charge is 2.21. The van der Waals surface area contributed by atoms with Gasteiger partial charge in [0.1, 0.15) is 6.54 Å². The molecule has 19 heavy (non-hydrogen) atoms. The molecule has 0 saturated carbocycles. The summed E-state index contributed by atoms with van der Waals surface area (Å²) in [5.74, 6) is -0.733. The molecule has 9 heteroatoms. The van der Waals surface area contributed by atoms with Crippen LogP contribution in [-0.2, 0) is 19.6 Å². The zero-order valence-corrected chi connectivity index (χ0v) is 11.1. The van der Waals surface area contributed by atoms with Gasteiger partial charge >= 0.3 is 5.97 Å². The molecule has 0 radical (unpaired) electrons. The predicted molar refractivity (Wildman–Crippen MR) is 67.3 cm³/mol. The second-order valence-corrected chi connectivity index (χ2v) is 5.53. The second-order valence-electron chi connectivity index (χ2n) is 3.62. The van der Waals surface area contributed by atoms with Crippen molar-refractivity contribution >= 4 is 27.4 Å². The minimum absolute atomic E-state index is 0.151. The molecule has 0 aliphatic carbocycles. The molecule has 0 heterocycles. The zero-order chi connectivity index (χ0) is 14.6. The van der Waals surface area contributed by atoms with E-state index in [4.69, 9.17) is 0 Å². The van der Waals surface area contributed by atoms with Crippen molar-refractivity contribution in [3.05, 3.63) is 34.4 Å². The molecule has 0 aliphatic heterocycles. The number of non-ortho nitro benzene ring substituents is 1. The van der Waals surface area contributed by atoms with E-state index in [2.05, 4.69) is 4.74 Å². The van der Waals surface area contributed by atoms with Crippen LogP contribution in [0.4, 0.5) is 11.4 Å². The van der Waals surface area contributed by atoms with Gasteiger partial charge in [-0.3, -0.25) is 19.2 Å². The Morgan fingerprint density at radius 3 is 2.26 bits per heavy atom. The van der Waals surface area contributed by atoms with Crippen molar-refractivity contribution in [2.45, 2.75) is 0 Å². The molecule has 1 aromatic rings. The van der Waals surface area contributed by atoms with Gasteiger partial charge in [-0.05, 0) is 12.1 Å². The summed E-state index contributed by atoms with van der Waals surface area (Å²) in [6, 6.07) is 4.82. The van der Waals surface area contributed by atoms with Gasteiger partial charge in [-0.1, -0.05) is 0 Å². The van der Waals surface area contributed by atoms with Gasteiger partial charge in [0.2, 0.25) is 10.0 Å². The van der Waals surface area contributed by atoms with E-state index in [1.165, 1.54) is 12.1 Å². The number of nitrogens with zero attached hydrogens (tertiary/aromatic N) is 2. The summed E-state index contributed by atoms with van der Waals surface area (Å²) in [6.07, 6.45) is 0.928. The summed E-state index contributed by atoms with van der Waals surface area (Å²) in [7, 11) is -2.56. The number of nitro benzene ring substituents is 1. The highest BCUT2D eigenvalue weighted by Crippen LogP contribution is 2.21. The Bertz CT molecular complexity index is 581. The molecule has 0 amide bonds. The number of benzene rings is 1. The van der Waals surface area contributed by atoms with Crippen LogP contribution in [-0.4, -0.2) is 39.2 Å². The van der Waals surface area contributed by atoms with Gasteiger partial charge < -0.3 is 4.74 Å². The van der Waals surface area contributed by atoms with Crippen molar-refractivity contribution in [3.63, 3.8) is 0 Å². The number of methoxy groups -OCH3 is 1. The standard InChI is InChI=1S/C10H12N2O6S/c1-18-10(13)7-11(19(2,16)17)8-3-5-9(6-4-8)12(14)15/h3-6H,7H2,1-2H3.